The van der Waals surface area contributed by atoms with Crippen molar-refractivity contribution in [3.63, 3.8) is 0 Å². The van der Waals surface area contributed by atoms with Crippen molar-refractivity contribution in [1.82, 2.24) is 0 Å². The second-order valence-electron chi connectivity index (χ2n) is 6.00. The SMILES string of the molecule is O=C(O)[C@H]1CCCC[C@H]1C1CCCCCCC1. The largest absolute Gasteiger partial charge is 0.481 e. The summed E-state index contributed by atoms with van der Waals surface area (Å²) in [5.74, 6) is 0.626. The van der Waals surface area contributed by atoms with Gasteiger partial charge < -0.3 is 5.11 Å². The highest BCUT2D eigenvalue weighted by Crippen LogP contribution is 2.40. The Morgan fingerprint density at radius 2 is 1.29 bits per heavy atom. The van der Waals surface area contributed by atoms with Gasteiger partial charge in [-0.05, 0) is 24.7 Å². The third kappa shape index (κ3) is 3.46. The van der Waals surface area contributed by atoms with Gasteiger partial charge in [-0.3, -0.25) is 4.79 Å². The molecule has 0 aliphatic heterocycles. The van der Waals surface area contributed by atoms with Crippen LogP contribution in [0.4, 0.5) is 0 Å². The topological polar surface area (TPSA) is 37.3 Å². The monoisotopic (exact) mass is 238 g/mol. The third-order valence-electron chi connectivity index (χ3n) is 4.89. The number of hydrogen-bond donors (Lipinski definition) is 1. The zero-order valence-corrected chi connectivity index (χ0v) is 10.9. The van der Waals surface area contributed by atoms with Gasteiger partial charge in [0.1, 0.15) is 0 Å². The predicted molar refractivity (Wildman–Crippen MR) is 68.9 cm³/mol. The van der Waals surface area contributed by atoms with Gasteiger partial charge in [-0.15, -0.1) is 0 Å². The van der Waals surface area contributed by atoms with Gasteiger partial charge in [-0.25, -0.2) is 0 Å². The molecular formula is C15H26O2. The van der Waals surface area contributed by atoms with Crippen LogP contribution < -0.4 is 0 Å². The van der Waals surface area contributed by atoms with Gasteiger partial charge in [0, 0.05) is 0 Å². The maximum absolute atomic E-state index is 11.4. The number of carboxylic acid groups (broad SMARTS) is 1. The zero-order chi connectivity index (χ0) is 12.1. The van der Waals surface area contributed by atoms with E-state index in [4.69, 9.17) is 0 Å². The lowest BCUT2D eigenvalue weighted by Crippen LogP contribution is -2.32. The van der Waals surface area contributed by atoms with E-state index in [1.807, 2.05) is 0 Å². The fraction of sp³-hybridized carbons (Fsp3) is 0.933. The second-order valence-corrected chi connectivity index (χ2v) is 6.00. The molecule has 0 amide bonds. The van der Waals surface area contributed by atoms with Crippen molar-refractivity contribution < 1.29 is 9.90 Å². The maximum Gasteiger partial charge on any atom is 0.306 e. The first-order valence-electron chi connectivity index (χ1n) is 7.52. The molecule has 2 saturated carbocycles. The summed E-state index contributed by atoms with van der Waals surface area (Å²) in [4.78, 5) is 11.4. The van der Waals surface area contributed by atoms with Crippen LogP contribution in [0.25, 0.3) is 0 Å². The minimum atomic E-state index is -0.531. The van der Waals surface area contributed by atoms with Crippen LogP contribution in [0.1, 0.15) is 70.6 Å². The molecule has 0 unspecified atom stereocenters. The van der Waals surface area contributed by atoms with Crippen LogP contribution in [0.15, 0.2) is 0 Å². The van der Waals surface area contributed by atoms with E-state index >= 15 is 0 Å². The molecule has 2 rings (SSSR count). The van der Waals surface area contributed by atoms with E-state index in [9.17, 15) is 9.90 Å². The molecule has 0 aromatic heterocycles. The van der Waals surface area contributed by atoms with Gasteiger partial charge in [0.25, 0.3) is 0 Å². The van der Waals surface area contributed by atoms with Crippen molar-refractivity contribution >= 4 is 5.97 Å². The summed E-state index contributed by atoms with van der Waals surface area (Å²) in [6, 6.07) is 0. The number of rotatable bonds is 2. The molecule has 0 saturated heterocycles. The summed E-state index contributed by atoms with van der Waals surface area (Å²) in [7, 11) is 0. The second kappa shape index (κ2) is 6.42. The molecule has 0 radical (unpaired) electrons. The lowest BCUT2D eigenvalue weighted by molar-refractivity contribution is -0.146. The Bertz CT molecular complexity index is 241. The summed E-state index contributed by atoms with van der Waals surface area (Å²) in [6.07, 6.45) is 13.8. The Labute approximate surface area is 105 Å². The Morgan fingerprint density at radius 1 is 0.765 bits per heavy atom. The molecule has 2 aliphatic carbocycles. The summed E-state index contributed by atoms with van der Waals surface area (Å²) in [5.41, 5.74) is 0. The average molecular weight is 238 g/mol. The zero-order valence-electron chi connectivity index (χ0n) is 10.9. The van der Waals surface area contributed by atoms with E-state index in [-0.39, 0.29) is 5.92 Å². The molecule has 2 nitrogen and oxygen atoms in total. The van der Waals surface area contributed by atoms with E-state index in [0.29, 0.717) is 11.8 Å². The number of hydrogen-bond acceptors (Lipinski definition) is 1. The van der Waals surface area contributed by atoms with E-state index < -0.39 is 5.97 Å². The fourth-order valence-corrected chi connectivity index (χ4v) is 3.95. The van der Waals surface area contributed by atoms with Crippen molar-refractivity contribution in [3.8, 4) is 0 Å². The van der Waals surface area contributed by atoms with Crippen LogP contribution in [0.5, 0.6) is 0 Å². The summed E-state index contributed by atoms with van der Waals surface area (Å²) in [5, 5.41) is 9.37. The van der Waals surface area contributed by atoms with Crippen molar-refractivity contribution in [2.45, 2.75) is 70.6 Å². The first-order chi connectivity index (χ1) is 8.29. The Morgan fingerprint density at radius 3 is 1.94 bits per heavy atom. The third-order valence-corrected chi connectivity index (χ3v) is 4.89. The molecule has 0 heterocycles. The van der Waals surface area contributed by atoms with E-state index in [1.165, 1.54) is 57.8 Å². The highest BCUT2D eigenvalue weighted by atomic mass is 16.4. The van der Waals surface area contributed by atoms with Gasteiger partial charge in [0.05, 0.1) is 5.92 Å². The Kier molecular flexibility index (Phi) is 4.87. The molecule has 0 spiro atoms. The standard InChI is InChI=1S/C15H26O2/c16-15(17)14-11-7-6-10-13(14)12-8-4-2-1-3-5-9-12/h12-14H,1-11H2,(H,16,17)/t13-,14-/m0/s1. The number of carbonyl (C=O) groups is 1. The molecule has 0 aromatic rings. The van der Waals surface area contributed by atoms with Gasteiger partial charge >= 0.3 is 5.97 Å². The summed E-state index contributed by atoms with van der Waals surface area (Å²) in [6.45, 7) is 0. The van der Waals surface area contributed by atoms with E-state index in [0.717, 1.165) is 12.8 Å². The van der Waals surface area contributed by atoms with Crippen LogP contribution in [-0.4, -0.2) is 11.1 Å². The maximum atomic E-state index is 11.4. The van der Waals surface area contributed by atoms with Gasteiger partial charge in [-0.2, -0.15) is 0 Å². The van der Waals surface area contributed by atoms with Crippen LogP contribution in [0.3, 0.4) is 0 Å². The van der Waals surface area contributed by atoms with Gasteiger partial charge in [-0.1, -0.05) is 57.8 Å². The minimum absolute atomic E-state index is 0.0341. The highest BCUT2D eigenvalue weighted by Gasteiger charge is 2.35. The van der Waals surface area contributed by atoms with Crippen molar-refractivity contribution in [3.05, 3.63) is 0 Å². The van der Waals surface area contributed by atoms with Crippen LogP contribution in [-0.2, 0) is 4.79 Å². The fourth-order valence-electron chi connectivity index (χ4n) is 3.95. The molecule has 0 aromatic carbocycles. The molecule has 2 aliphatic rings. The first kappa shape index (κ1) is 12.9. The Balaban J connectivity index is 1.98. The molecule has 98 valence electrons. The van der Waals surface area contributed by atoms with Crippen molar-refractivity contribution in [1.29, 1.82) is 0 Å². The first-order valence-corrected chi connectivity index (χ1v) is 7.52. The molecule has 17 heavy (non-hydrogen) atoms. The molecule has 2 fully saturated rings. The number of aliphatic carboxylic acids is 1. The normalized spacial score (nSPS) is 32.7. The lowest BCUT2D eigenvalue weighted by atomic mass is 9.69. The average Bonchev–Trinajstić information content (AvgIpc) is 2.28. The molecule has 2 atom stereocenters. The van der Waals surface area contributed by atoms with Crippen molar-refractivity contribution in [2.24, 2.45) is 17.8 Å². The predicted octanol–water partition coefficient (Wildman–Crippen LogP) is 4.24. The van der Waals surface area contributed by atoms with E-state index in [1.54, 1.807) is 0 Å². The molecular weight excluding hydrogens is 212 g/mol. The molecule has 2 heteroatoms. The lowest BCUT2D eigenvalue weighted by Gasteiger charge is -2.36. The minimum Gasteiger partial charge on any atom is -0.481 e. The smallest absolute Gasteiger partial charge is 0.306 e. The van der Waals surface area contributed by atoms with Crippen molar-refractivity contribution in [2.75, 3.05) is 0 Å². The molecule has 1 N–H and O–H groups in total. The number of carboxylic acids is 1. The highest BCUT2D eigenvalue weighted by molar-refractivity contribution is 5.70. The quantitative estimate of drug-likeness (QED) is 0.781. The molecule has 0 bridgehead atoms. The summed E-state index contributed by atoms with van der Waals surface area (Å²) >= 11 is 0. The van der Waals surface area contributed by atoms with Gasteiger partial charge in [0.15, 0.2) is 0 Å². The van der Waals surface area contributed by atoms with Crippen LogP contribution >= 0.6 is 0 Å². The van der Waals surface area contributed by atoms with Crippen LogP contribution in [0, 0.1) is 17.8 Å². The Hall–Kier alpha value is -0.530. The van der Waals surface area contributed by atoms with Crippen LogP contribution in [0.2, 0.25) is 0 Å². The summed E-state index contributed by atoms with van der Waals surface area (Å²) < 4.78 is 0. The van der Waals surface area contributed by atoms with Gasteiger partial charge in [0.2, 0.25) is 0 Å². The van der Waals surface area contributed by atoms with E-state index in [2.05, 4.69) is 0 Å².